The Morgan fingerprint density at radius 1 is 1.33 bits per heavy atom. The molecule has 2 N–H and O–H groups in total. The van der Waals surface area contributed by atoms with Crippen LogP contribution in [0, 0.1) is 5.92 Å². The molecular formula is C14H17F3N2O2. The van der Waals surface area contributed by atoms with Crippen molar-refractivity contribution in [2.45, 2.75) is 19.2 Å². The zero-order valence-electron chi connectivity index (χ0n) is 11.4. The monoisotopic (exact) mass is 302 g/mol. The zero-order valence-corrected chi connectivity index (χ0v) is 11.4. The topological polar surface area (TPSA) is 50.4 Å². The van der Waals surface area contributed by atoms with Crippen LogP contribution in [0.5, 0.6) is 5.75 Å². The number of carbonyl (C=O) groups excluding carboxylic acids is 1. The van der Waals surface area contributed by atoms with Gasteiger partial charge in [0.25, 0.3) is 0 Å². The molecule has 1 aliphatic rings. The first-order valence-corrected chi connectivity index (χ1v) is 6.75. The maximum Gasteiger partial charge on any atom is 0.573 e. The molecule has 1 aromatic carbocycles. The van der Waals surface area contributed by atoms with E-state index < -0.39 is 6.36 Å². The Labute approximate surface area is 120 Å². The predicted molar refractivity (Wildman–Crippen MR) is 70.8 cm³/mol. The molecule has 4 nitrogen and oxygen atoms in total. The lowest BCUT2D eigenvalue weighted by Gasteiger charge is -2.27. The minimum Gasteiger partial charge on any atom is -0.406 e. The first-order chi connectivity index (χ1) is 9.94. The van der Waals surface area contributed by atoms with Crippen molar-refractivity contribution in [2.75, 3.05) is 19.6 Å². The Balaban J connectivity index is 1.82. The van der Waals surface area contributed by atoms with Crippen LogP contribution in [0.1, 0.15) is 12.0 Å². The van der Waals surface area contributed by atoms with E-state index >= 15 is 0 Å². The van der Waals surface area contributed by atoms with E-state index in [0.29, 0.717) is 18.0 Å². The summed E-state index contributed by atoms with van der Waals surface area (Å²) < 4.78 is 40.8. The third-order valence-corrected chi connectivity index (χ3v) is 3.27. The summed E-state index contributed by atoms with van der Waals surface area (Å²) in [7, 11) is 0. The summed E-state index contributed by atoms with van der Waals surface area (Å²) in [4.78, 5) is 11.7. The molecule has 2 rings (SSSR count). The van der Waals surface area contributed by atoms with Gasteiger partial charge in [0.1, 0.15) is 5.75 Å². The van der Waals surface area contributed by atoms with E-state index in [1.165, 1.54) is 18.2 Å². The van der Waals surface area contributed by atoms with Crippen molar-refractivity contribution >= 4 is 5.91 Å². The molecule has 1 aromatic rings. The number of para-hydroxylation sites is 1. The van der Waals surface area contributed by atoms with Gasteiger partial charge in [-0.05, 0) is 18.1 Å². The van der Waals surface area contributed by atoms with Gasteiger partial charge in [0, 0.05) is 32.0 Å². The van der Waals surface area contributed by atoms with E-state index in [-0.39, 0.29) is 24.5 Å². The number of hydrogen-bond donors (Lipinski definition) is 2. The third-order valence-electron chi connectivity index (χ3n) is 3.27. The van der Waals surface area contributed by atoms with Crippen molar-refractivity contribution in [3.8, 4) is 5.75 Å². The van der Waals surface area contributed by atoms with Crippen LogP contribution in [-0.2, 0) is 11.2 Å². The van der Waals surface area contributed by atoms with E-state index in [2.05, 4.69) is 15.4 Å². The molecule has 21 heavy (non-hydrogen) atoms. The van der Waals surface area contributed by atoms with Crippen molar-refractivity contribution in [2.24, 2.45) is 5.92 Å². The molecule has 0 spiro atoms. The fourth-order valence-corrected chi connectivity index (χ4v) is 2.02. The maximum atomic E-state index is 12.3. The lowest BCUT2D eigenvalue weighted by Crippen LogP contribution is -2.48. The van der Waals surface area contributed by atoms with Crippen molar-refractivity contribution in [3.63, 3.8) is 0 Å². The highest BCUT2D eigenvalue weighted by atomic mass is 19.4. The molecule has 0 saturated carbocycles. The Kier molecular flexibility index (Phi) is 5.06. The van der Waals surface area contributed by atoms with Crippen molar-refractivity contribution in [3.05, 3.63) is 29.8 Å². The summed E-state index contributed by atoms with van der Waals surface area (Å²) in [6.07, 6.45) is -4.38. The van der Waals surface area contributed by atoms with Crippen molar-refractivity contribution in [1.29, 1.82) is 0 Å². The lowest BCUT2D eigenvalue weighted by atomic mass is 10.0. The SMILES string of the molecule is O=C(CCc1ccccc1OC(F)(F)F)NCC1CNC1. The summed E-state index contributed by atoms with van der Waals surface area (Å²) in [6, 6.07) is 5.87. The molecule has 0 atom stereocenters. The molecule has 1 aliphatic heterocycles. The number of aryl methyl sites for hydroxylation is 1. The quantitative estimate of drug-likeness (QED) is 0.843. The Morgan fingerprint density at radius 3 is 2.67 bits per heavy atom. The third kappa shape index (κ3) is 5.26. The first kappa shape index (κ1) is 15.6. The highest BCUT2D eigenvalue weighted by molar-refractivity contribution is 5.76. The molecule has 0 bridgehead atoms. The minimum absolute atomic E-state index is 0.137. The second kappa shape index (κ2) is 6.80. The number of halogens is 3. The van der Waals surface area contributed by atoms with E-state index in [0.717, 1.165) is 13.1 Å². The number of alkyl halides is 3. The average Bonchev–Trinajstić information content (AvgIpc) is 2.34. The second-order valence-electron chi connectivity index (χ2n) is 4.98. The average molecular weight is 302 g/mol. The molecule has 0 aliphatic carbocycles. The van der Waals surface area contributed by atoms with Crippen LogP contribution in [0.25, 0.3) is 0 Å². The van der Waals surface area contributed by atoms with E-state index in [1.54, 1.807) is 6.07 Å². The van der Waals surface area contributed by atoms with Crippen molar-refractivity contribution in [1.82, 2.24) is 10.6 Å². The summed E-state index contributed by atoms with van der Waals surface area (Å²) >= 11 is 0. The van der Waals surface area contributed by atoms with Crippen LogP contribution < -0.4 is 15.4 Å². The van der Waals surface area contributed by atoms with E-state index in [4.69, 9.17) is 0 Å². The number of benzene rings is 1. The number of nitrogens with one attached hydrogen (secondary N) is 2. The highest BCUT2D eigenvalue weighted by Gasteiger charge is 2.31. The van der Waals surface area contributed by atoms with Gasteiger partial charge in [0.15, 0.2) is 0 Å². The van der Waals surface area contributed by atoms with Crippen LogP contribution in [0.15, 0.2) is 24.3 Å². The van der Waals surface area contributed by atoms with Gasteiger partial charge in [-0.2, -0.15) is 0 Å². The molecule has 7 heteroatoms. The lowest BCUT2D eigenvalue weighted by molar-refractivity contribution is -0.274. The molecule has 116 valence electrons. The molecule has 1 saturated heterocycles. The molecule has 1 fully saturated rings. The first-order valence-electron chi connectivity index (χ1n) is 6.75. The minimum atomic E-state index is -4.73. The van der Waals surface area contributed by atoms with Gasteiger partial charge in [-0.1, -0.05) is 18.2 Å². The van der Waals surface area contributed by atoms with Crippen LogP contribution in [0.4, 0.5) is 13.2 Å². The smallest absolute Gasteiger partial charge is 0.406 e. The Morgan fingerprint density at radius 2 is 2.05 bits per heavy atom. The van der Waals surface area contributed by atoms with Gasteiger partial charge in [-0.25, -0.2) is 0 Å². The molecule has 1 amide bonds. The second-order valence-corrected chi connectivity index (χ2v) is 4.98. The molecule has 1 heterocycles. The summed E-state index contributed by atoms with van der Waals surface area (Å²) in [5.74, 6) is 0.0412. The number of ether oxygens (including phenoxy) is 1. The molecular weight excluding hydrogens is 285 g/mol. The molecule has 0 radical (unpaired) electrons. The van der Waals surface area contributed by atoms with Gasteiger partial charge < -0.3 is 15.4 Å². The van der Waals surface area contributed by atoms with Gasteiger partial charge in [-0.3, -0.25) is 4.79 Å². The predicted octanol–water partition coefficient (Wildman–Crippen LogP) is 1.85. The van der Waals surface area contributed by atoms with Crippen LogP contribution in [0.2, 0.25) is 0 Å². The standard InChI is InChI=1S/C14H17F3N2O2/c15-14(16,17)21-12-4-2-1-3-11(12)5-6-13(20)19-9-10-7-18-8-10/h1-4,10,18H,5-9H2,(H,19,20). The van der Waals surface area contributed by atoms with E-state index in [9.17, 15) is 18.0 Å². The normalized spacial score (nSPS) is 15.4. The van der Waals surface area contributed by atoms with E-state index in [1.807, 2.05) is 0 Å². The highest BCUT2D eigenvalue weighted by Crippen LogP contribution is 2.26. The van der Waals surface area contributed by atoms with Gasteiger partial charge in [0.2, 0.25) is 5.91 Å². The molecule has 0 unspecified atom stereocenters. The summed E-state index contributed by atoms with van der Waals surface area (Å²) in [6.45, 7) is 2.39. The largest absolute Gasteiger partial charge is 0.573 e. The van der Waals surface area contributed by atoms with Crippen LogP contribution in [-0.4, -0.2) is 31.9 Å². The Bertz CT molecular complexity index is 487. The van der Waals surface area contributed by atoms with Gasteiger partial charge in [-0.15, -0.1) is 13.2 Å². The fourth-order valence-electron chi connectivity index (χ4n) is 2.02. The number of hydrogen-bond acceptors (Lipinski definition) is 3. The summed E-state index contributed by atoms with van der Waals surface area (Å²) in [5, 5.41) is 5.88. The zero-order chi connectivity index (χ0) is 15.3. The van der Waals surface area contributed by atoms with Gasteiger partial charge in [0.05, 0.1) is 0 Å². The maximum absolute atomic E-state index is 12.3. The summed E-state index contributed by atoms with van der Waals surface area (Å²) in [5.41, 5.74) is 0.371. The number of amides is 1. The molecule has 0 aromatic heterocycles. The van der Waals surface area contributed by atoms with Crippen molar-refractivity contribution < 1.29 is 22.7 Å². The fraction of sp³-hybridized carbons (Fsp3) is 0.500. The van der Waals surface area contributed by atoms with Crippen LogP contribution >= 0.6 is 0 Å². The Hall–Kier alpha value is -1.76. The van der Waals surface area contributed by atoms with Crippen LogP contribution in [0.3, 0.4) is 0 Å². The van der Waals surface area contributed by atoms with Gasteiger partial charge >= 0.3 is 6.36 Å². The number of rotatable bonds is 6. The number of carbonyl (C=O) groups is 1.